The zero-order chi connectivity index (χ0) is 28.2. The molecule has 38 heavy (non-hydrogen) atoms. The van der Waals surface area contributed by atoms with E-state index in [1.165, 1.54) is 19.2 Å². The molecule has 0 radical (unpaired) electrons. The lowest BCUT2D eigenvalue weighted by atomic mass is 9.77. The Balaban J connectivity index is 1.64. The van der Waals surface area contributed by atoms with E-state index in [0.29, 0.717) is 5.69 Å². The van der Waals surface area contributed by atoms with Gasteiger partial charge in [-0.05, 0) is 45.9 Å². The van der Waals surface area contributed by atoms with Crippen LogP contribution in [0.5, 0.6) is 5.75 Å². The molecule has 0 bridgehead atoms. The molecular weight excluding hydrogens is 515 g/mol. The number of nitrogens with zero attached hydrogens (tertiary/aromatic N) is 1. The highest BCUT2D eigenvalue weighted by Crippen LogP contribution is 2.55. The van der Waals surface area contributed by atoms with Crippen LogP contribution in [0.25, 0.3) is 0 Å². The zero-order valence-corrected chi connectivity index (χ0v) is 21.7. The molecular formula is C26H29F5N2O5. The monoisotopic (exact) mass is 544 g/mol. The quantitative estimate of drug-likeness (QED) is 0.490. The van der Waals surface area contributed by atoms with E-state index in [1.807, 2.05) is 6.92 Å². The number of hydrogen-bond donors (Lipinski definition) is 1. The maximum atomic E-state index is 14.5. The summed E-state index contributed by atoms with van der Waals surface area (Å²) in [4.78, 5) is 17.6. The Kier molecular flexibility index (Phi) is 7.21. The summed E-state index contributed by atoms with van der Waals surface area (Å²) in [5.41, 5.74) is -2.13. The van der Waals surface area contributed by atoms with E-state index in [4.69, 9.17) is 18.9 Å². The number of amides is 1. The van der Waals surface area contributed by atoms with Gasteiger partial charge < -0.3 is 24.3 Å². The van der Waals surface area contributed by atoms with Gasteiger partial charge in [-0.3, -0.25) is 9.78 Å². The smallest absolute Gasteiger partial charge is 0.417 e. The first kappa shape index (κ1) is 28.2. The van der Waals surface area contributed by atoms with Gasteiger partial charge in [0.1, 0.15) is 12.2 Å². The topological polar surface area (TPSA) is 78.9 Å². The van der Waals surface area contributed by atoms with E-state index in [0.717, 1.165) is 26.2 Å². The van der Waals surface area contributed by atoms with Crippen molar-refractivity contribution in [1.82, 2.24) is 4.98 Å². The fourth-order valence-electron chi connectivity index (χ4n) is 5.14. The van der Waals surface area contributed by atoms with Crippen molar-refractivity contribution in [2.45, 2.75) is 76.4 Å². The molecule has 1 aromatic heterocycles. The molecule has 1 N–H and O–H groups in total. The van der Waals surface area contributed by atoms with Gasteiger partial charge in [0.15, 0.2) is 23.0 Å². The summed E-state index contributed by atoms with van der Waals surface area (Å²) in [5, 5.41) is 2.53. The van der Waals surface area contributed by atoms with E-state index >= 15 is 0 Å². The lowest BCUT2D eigenvalue weighted by molar-refractivity contribution is -0.272. The van der Waals surface area contributed by atoms with Gasteiger partial charge in [0.25, 0.3) is 5.91 Å². The van der Waals surface area contributed by atoms with Gasteiger partial charge in [0, 0.05) is 17.4 Å². The van der Waals surface area contributed by atoms with E-state index in [9.17, 15) is 26.7 Å². The van der Waals surface area contributed by atoms with E-state index < -0.39 is 64.9 Å². The van der Waals surface area contributed by atoms with Crippen molar-refractivity contribution >= 4 is 11.6 Å². The highest BCUT2D eigenvalue weighted by molar-refractivity contribution is 5.95. The lowest BCUT2D eigenvalue weighted by Crippen LogP contribution is -2.47. The molecule has 2 aliphatic heterocycles. The summed E-state index contributed by atoms with van der Waals surface area (Å²) in [6, 6.07) is 5.01. The number of halogens is 5. The maximum Gasteiger partial charge on any atom is 0.417 e. The van der Waals surface area contributed by atoms with E-state index in [-0.39, 0.29) is 17.4 Å². The summed E-state index contributed by atoms with van der Waals surface area (Å²) < 4.78 is 92.6. The highest BCUT2D eigenvalue weighted by Gasteiger charge is 2.66. The number of rotatable bonds is 5. The Labute approximate surface area is 216 Å². The Hall–Kier alpha value is -2.83. The van der Waals surface area contributed by atoms with Crippen LogP contribution in [0.3, 0.4) is 0 Å². The molecule has 208 valence electrons. The highest BCUT2D eigenvalue weighted by atomic mass is 19.4. The van der Waals surface area contributed by atoms with Crippen molar-refractivity contribution in [3.05, 3.63) is 53.4 Å². The first-order valence-corrected chi connectivity index (χ1v) is 12.0. The number of alkyl halides is 3. The third-order valence-corrected chi connectivity index (χ3v) is 7.22. The fraction of sp³-hybridized carbons (Fsp3) is 0.538. The average Bonchev–Trinajstić information content (AvgIpc) is 3.27. The number of carbonyl (C=O) groups is 1. The molecule has 2 fully saturated rings. The van der Waals surface area contributed by atoms with Gasteiger partial charge in [0.2, 0.25) is 5.82 Å². The number of methoxy groups -OCH3 is 1. The Bertz CT molecular complexity index is 1210. The molecule has 4 rings (SSSR count). The van der Waals surface area contributed by atoms with Gasteiger partial charge in [-0.25, -0.2) is 4.39 Å². The van der Waals surface area contributed by atoms with Gasteiger partial charge >= 0.3 is 6.18 Å². The van der Waals surface area contributed by atoms with Crippen LogP contribution in [0.1, 0.15) is 57.9 Å². The van der Waals surface area contributed by atoms with Crippen molar-refractivity contribution in [2.75, 3.05) is 12.4 Å². The van der Waals surface area contributed by atoms with Crippen LogP contribution in [0.15, 0.2) is 30.5 Å². The van der Waals surface area contributed by atoms with Gasteiger partial charge in [0.05, 0.1) is 30.8 Å². The lowest BCUT2D eigenvalue weighted by Gasteiger charge is -2.32. The largest absolute Gasteiger partial charge is 0.493 e. The molecule has 2 saturated heterocycles. The summed E-state index contributed by atoms with van der Waals surface area (Å²) in [7, 11) is 1.06. The van der Waals surface area contributed by atoms with Crippen LogP contribution in [-0.2, 0) is 19.0 Å². The van der Waals surface area contributed by atoms with Crippen molar-refractivity contribution in [2.24, 2.45) is 5.92 Å². The summed E-state index contributed by atoms with van der Waals surface area (Å²) in [5.74, 6) is -7.57. The van der Waals surface area contributed by atoms with Gasteiger partial charge in [-0.15, -0.1) is 0 Å². The average molecular weight is 545 g/mol. The molecule has 0 saturated carbocycles. The maximum absolute atomic E-state index is 14.5. The number of anilines is 1. The van der Waals surface area contributed by atoms with Crippen molar-refractivity contribution in [1.29, 1.82) is 0 Å². The number of pyridine rings is 1. The third kappa shape index (κ3) is 4.85. The van der Waals surface area contributed by atoms with Gasteiger partial charge in [-0.1, -0.05) is 13.0 Å². The number of carbonyl (C=O) groups excluding carboxylic acids is 1. The van der Waals surface area contributed by atoms with Crippen molar-refractivity contribution in [3.8, 4) is 5.75 Å². The molecule has 2 aromatic rings. The molecule has 7 nitrogen and oxygen atoms in total. The van der Waals surface area contributed by atoms with E-state index in [2.05, 4.69) is 10.3 Å². The van der Waals surface area contributed by atoms with Crippen LogP contribution in [-0.4, -0.2) is 47.8 Å². The third-order valence-electron chi connectivity index (χ3n) is 7.22. The minimum atomic E-state index is -4.86. The first-order valence-electron chi connectivity index (χ1n) is 12.0. The fourth-order valence-corrected chi connectivity index (χ4v) is 5.14. The molecule has 6 atom stereocenters. The second-order valence-electron chi connectivity index (χ2n) is 10.2. The van der Waals surface area contributed by atoms with Crippen molar-refractivity contribution in [3.63, 3.8) is 0 Å². The number of benzene rings is 1. The normalized spacial score (nSPS) is 30.9. The van der Waals surface area contributed by atoms with Gasteiger partial charge in [-0.2, -0.15) is 17.6 Å². The number of ether oxygens (including phenoxy) is 4. The summed E-state index contributed by atoms with van der Waals surface area (Å²) in [6.45, 7) is 7.45. The number of hydrogen-bond acceptors (Lipinski definition) is 6. The molecule has 1 amide bonds. The predicted octanol–water partition coefficient (Wildman–Crippen LogP) is 5.66. The molecule has 0 unspecified atom stereocenters. The van der Waals surface area contributed by atoms with E-state index in [1.54, 1.807) is 19.9 Å². The second-order valence-corrected chi connectivity index (χ2v) is 10.2. The Morgan fingerprint density at radius 2 is 1.74 bits per heavy atom. The zero-order valence-electron chi connectivity index (χ0n) is 21.7. The molecule has 1 aromatic carbocycles. The number of aromatic nitrogens is 1. The Morgan fingerprint density at radius 1 is 1.05 bits per heavy atom. The molecule has 2 aliphatic rings. The predicted molar refractivity (Wildman–Crippen MR) is 125 cm³/mol. The number of nitrogens with one attached hydrogen (secondary N) is 1. The first-order chi connectivity index (χ1) is 17.6. The summed E-state index contributed by atoms with van der Waals surface area (Å²) in [6.07, 6.45) is -5.96. The van der Waals surface area contributed by atoms with Crippen LogP contribution < -0.4 is 10.1 Å². The molecule has 3 heterocycles. The molecule has 0 spiro atoms. The SMILES string of the molecule is COc1c([C@H]2[C@H](C(=O)Nc3ccc([C@H]4OC(C)(C)O[C@H]4C)nc3)O[C@@](C)(C(F)(F)F)[C@H]2C)ccc(F)c1F. The van der Waals surface area contributed by atoms with Crippen LogP contribution >= 0.6 is 0 Å². The minimum Gasteiger partial charge on any atom is -0.493 e. The molecule has 12 heteroatoms. The van der Waals surface area contributed by atoms with Crippen LogP contribution in [0.2, 0.25) is 0 Å². The summed E-state index contributed by atoms with van der Waals surface area (Å²) >= 11 is 0. The van der Waals surface area contributed by atoms with Crippen LogP contribution in [0.4, 0.5) is 27.6 Å². The molecule has 0 aliphatic carbocycles. The second kappa shape index (κ2) is 9.73. The van der Waals surface area contributed by atoms with Crippen LogP contribution in [0, 0.1) is 17.6 Å². The van der Waals surface area contributed by atoms with Crippen molar-refractivity contribution < 1.29 is 45.7 Å². The standard InChI is InChI=1S/C26H29F5N2O5/c1-12-18(15-8-9-16(27)19(28)21(15)35-6)22(38-25(12,5)26(29,30)31)23(34)33-14-7-10-17(32-11-14)20-13(2)36-24(3,4)37-20/h7-13,18,20,22H,1-6H3,(H,33,34)/t12-,13-,18-,20-,22+,25+/m0/s1. The minimum absolute atomic E-state index is 0.115. The Morgan fingerprint density at radius 3 is 2.26 bits per heavy atom.